The van der Waals surface area contributed by atoms with E-state index < -0.39 is 0 Å². The molecule has 18 heavy (non-hydrogen) atoms. The molecule has 0 heterocycles. The van der Waals surface area contributed by atoms with Crippen LogP contribution in [0.4, 0.5) is 4.39 Å². The zero-order valence-electron chi connectivity index (χ0n) is 9.76. The molecule has 2 rings (SSSR count). The lowest BCUT2D eigenvalue weighted by Crippen LogP contribution is -2.30. The second-order valence-corrected chi connectivity index (χ2v) is 6.58. The van der Waals surface area contributed by atoms with E-state index >= 15 is 0 Å². The molecule has 0 radical (unpaired) electrons. The third-order valence-electron chi connectivity index (χ3n) is 3.27. The van der Waals surface area contributed by atoms with Crippen LogP contribution in [0, 0.1) is 11.7 Å². The van der Waals surface area contributed by atoms with Crippen LogP contribution in [0.15, 0.2) is 22.7 Å². The Hall–Kier alpha value is -0.420. The predicted octanol–water partition coefficient (Wildman–Crippen LogP) is 3.88. The highest BCUT2D eigenvalue weighted by Gasteiger charge is 2.25. The van der Waals surface area contributed by atoms with Crippen LogP contribution in [-0.4, -0.2) is 17.3 Å². The summed E-state index contributed by atoms with van der Waals surface area (Å²) < 4.78 is 13.4. The van der Waals surface area contributed by atoms with E-state index in [1.807, 2.05) is 0 Å². The quantitative estimate of drug-likeness (QED) is 0.794. The lowest BCUT2D eigenvalue weighted by molar-refractivity contribution is 0.0947. The Labute approximate surface area is 123 Å². The molecule has 2 nitrogen and oxygen atoms in total. The van der Waals surface area contributed by atoms with Crippen molar-refractivity contribution in [1.82, 2.24) is 5.32 Å². The Balaban J connectivity index is 1.93. The minimum absolute atomic E-state index is 0.151. The van der Waals surface area contributed by atoms with E-state index in [9.17, 15) is 9.18 Å². The minimum atomic E-state index is -0.358. The molecule has 0 bridgehead atoms. The number of carbonyl (C=O) groups is 1. The second kappa shape index (κ2) is 6.15. The van der Waals surface area contributed by atoms with Gasteiger partial charge in [0, 0.05) is 16.9 Å². The van der Waals surface area contributed by atoms with Crippen LogP contribution >= 0.6 is 31.9 Å². The molecule has 2 atom stereocenters. The summed E-state index contributed by atoms with van der Waals surface area (Å²) in [4.78, 5) is 12.4. The molecule has 0 aromatic heterocycles. The van der Waals surface area contributed by atoms with Gasteiger partial charge < -0.3 is 5.32 Å². The molecular weight excluding hydrogens is 365 g/mol. The van der Waals surface area contributed by atoms with Crippen molar-refractivity contribution in [2.45, 2.75) is 24.1 Å². The molecule has 1 fully saturated rings. The summed E-state index contributed by atoms with van der Waals surface area (Å²) >= 11 is 6.70. The SMILES string of the molecule is O=C(NCC1CCCC1Br)c1ccc(F)c(Br)c1. The number of alkyl halides is 1. The Morgan fingerprint density at radius 1 is 1.44 bits per heavy atom. The first-order valence-corrected chi connectivity index (χ1v) is 7.66. The molecule has 0 aliphatic heterocycles. The van der Waals surface area contributed by atoms with Gasteiger partial charge in [-0.1, -0.05) is 22.4 Å². The van der Waals surface area contributed by atoms with Crippen molar-refractivity contribution in [3.8, 4) is 0 Å². The summed E-state index contributed by atoms with van der Waals surface area (Å²) in [5.74, 6) is -0.0111. The summed E-state index contributed by atoms with van der Waals surface area (Å²) in [6.07, 6.45) is 3.52. The van der Waals surface area contributed by atoms with Crippen molar-refractivity contribution in [3.05, 3.63) is 34.1 Å². The third kappa shape index (κ3) is 3.32. The Morgan fingerprint density at radius 2 is 2.22 bits per heavy atom. The molecule has 0 saturated heterocycles. The van der Waals surface area contributed by atoms with Gasteiger partial charge >= 0.3 is 0 Å². The van der Waals surface area contributed by atoms with Gasteiger partial charge in [0.05, 0.1) is 4.47 Å². The normalized spacial score (nSPS) is 23.1. The van der Waals surface area contributed by atoms with Crippen molar-refractivity contribution < 1.29 is 9.18 Å². The average Bonchev–Trinajstić information content (AvgIpc) is 2.75. The number of nitrogens with one attached hydrogen (secondary N) is 1. The highest BCUT2D eigenvalue weighted by atomic mass is 79.9. The van der Waals surface area contributed by atoms with Crippen LogP contribution in [0.3, 0.4) is 0 Å². The number of amides is 1. The van der Waals surface area contributed by atoms with Crippen molar-refractivity contribution in [3.63, 3.8) is 0 Å². The second-order valence-electron chi connectivity index (χ2n) is 4.55. The molecule has 1 amide bonds. The van der Waals surface area contributed by atoms with E-state index in [1.165, 1.54) is 31.0 Å². The van der Waals surface area contributed by atoms with Gasteiger partial charge in [0.25, 0.3) is 5.91 Å². The fourth-order valence-corrected chi connectivity index (χ4v) is 3.34. The monoisotopic (exact) mass is 377 g/mol. The van der Waals surface area contributed by atoms with E-state index in [1.54, 1.807) is 0 Å². The molecule has 1 aromatic rings. The Kier molecular flexibility index (Phi) is 4.78. The lowest BCUT2D eigenvalue weighted by Gasteiger charge is -2.14. The molecule has 0 spiro atoms. The van der Waals surface area contributed by atoms with Crippen LogP contribution in [-0.2, 0) is 0 Å². The molecule has 1 N–H and O–H groups in total. The van der Waals surface area contributed by atoms with E-state index in [0.29, 0.717) is 27.3 Å². The Morgan fingerprint density at radius 3 is 2.83 bits per heavy atom. The summed E-state index contributed by atoms with van der Waals surface area (Å²) in [5.41, 5.74) is 0.479. The van der Waals surface area contributed by atoms with Crippen LogP contribution in [0.25, 0.3) is 0 Å². The molecule has 1 aliphatic rings. The average molecular weight is 379 g/mol. The molecule has 1 saturated carbocycles. The molecule has 5 heteroatoms. The van der Waals surface area contributed by atoms with Gasteiger partial charge in [-0.2, -0.15) is 0 Å². The highest BCUT2D eigenvalue weighted by Crippen LogP contribution is 2.30. The number of hydrogen-bond donors (Lipinski definition) is 1. The third-order valence-corrected chi connectivity index (χ3v) is 5.09. The Bertz CT molecular complexity index is 453. The van der Waals surface area contributed by atoms with E-state index in [4.69, 9.17) is 0 Å². The van der Waals surface area contributed by atoms with Gasteiger partial charge in [-0.05, 0) is 52.9 Å². The lowest BCUT2D eigenvalue weighted by atomic mass is 10.1. The number of benzene rings is 1. The van der Waals surface area contributed by atoms with Crippen LogP contribution in [0.2, 0.25) is 0 Å². The molecule has 2 unspecified atom stereocenters. The first-order chi connectivity index (χ1) is 8.58. The van der Waals surface area contributed by atoms with Crippen molar-refractivity contribution in [1.29, 1.82) is 0 Å². The van der Waals surface area contributed by atoms with Gasteiger partial charge in [0.1, 0.15) is 5.82 Å². The summed E-state index contributed by atoms with van der Waals surface area (Å²) in [5, 5.41) is 2.91. The van der Waals surface area contributed by atoms with Crippen molar-refractivity contribution in [2.24, 2.45) is 5.92 Å². The summed E-state index contributed by atoms with van der Waals surface area (Å²) in [6.45, 7) is 0.670. The fraction of sp³-hybridized carbons (Fsp3) is 0.462. The molecular formula is C13H14Br2FNO. The number of halogens is 3. The first-order valence-electron chi connectivity index (χ1n) is 5.95. The molecule has 1 aromatic carbocycles. The van der Waals surface area contributed by atoms with E-state index in [0.717, 1.165) is 6.42 Å². The topological polar surface area (TPSA) is 29.1 Å². The number of carbonyl (C=O) groups excluding carboxylic acids is 1. The standard InChI is InChI=1S/C13H14Br2FNO/c14-10-3-1-2-9(10)7-17-13(18)8-4-5-12(16)11(15)6-8/h4-6,9-10H,1-3,7H2,(H,17,18). The van der Waals surface area contributed by atoms with Gasteiger partial charge in [-0.25, -0.2) is 4.39 Å². The number of rotatable bonds is 3. The highest BCUT2D eigenvalue weighted by molar-refractivity contribution is 9.10. The number of hydrogen-bond acceptors (Lipinski definition) is 1. The van der Waals surface area contributed by atoms with Crippen LogP contribution < -0.4 is 5.32 Å². The maximum atomic E-state index is 13.1. The van der Waals surface area contributed by atoms with Crippen LogP contribution in [0.5, 0.6) is 0 Å². The van der Waals surface area contributed by atoms with Crippen molar-refractivity contribution >= 4 is 37.8 Å². The van der Waals surface area contributed by atoms with Gasteiger partial charge in [0.2, 0.25) is 0 Å². The summed E-state index contributed by atoms with van der Waals surface area (Å²) in [6, 6.07) is 4.29. The largest absolute Gasteiger partial charge is 0.352 e. The zero-order valence-corrected chi connectivity index (χ0v) is 12.9. The van der Waals surface area contributed by atoms with Crippen molar-refractivity contribution in [2.75, 3.05) is 6.54 Å². The van der Waals surface area contributed by atoms with E-state index in [-0.39, 0.29) is 11.7 Å². The minimum Gasteiger partial charge on any atom is -0.352 e. The van der Waals surface area contributed by atoms with Gasteiger partial charge in [-0.15, -0.1) is 0 Å². The first kappa shape index (κ1) is 14.0. The maximum Gasteiger partial charge on any atom is 0.251 e. The fourth-order valence-electron chi connectivity index (χ4n) is 2.18. The van der Waals surface area contributed by atoms with Crippen LogP contribution in [0.1, 0.15) is 29.6 Å². The van der Waals surface area contributed by atoms with Gasteiger partial charge in [-0.3, -0.25) is 4.79 Å². The molecule has 1 aliphatic carbocycles. The molecule has 98 valence electrons. The summed E-state index contributed by atoms with van der Waals surface area (Å²) in [7, 11) is 0. The smallest absolute Gasteiger partial charge is 0.251 e. The van der Waals surface area contributed by atoms with Gasteiger partial charge in [0.15, 0.2) is 0 Å². The van der Waals surface area contributed by atoms with E-state index in [2.05, 4.69) is 37.2 Å². The predicted molar refractivity (Wildman–Crippen MR) is 76.5 cm³/mol. The zero-order chi connectivity index (χ0) is 13.1. The maximum absolute atomic E-state index is 13.1.